The maximum absolute atomic E-state index is 13.3. The molecular formula is C36H47ClN8O5. The van der Waals surface area contributed by atoms with Crippen LogP contribution in [0.1, 0.15) is 85.2 Å². The fourth-order valence-corrected chi connectivity index (χ4v) is 8.60. The lowest BCUT2D eigenvalue weighted by atomic mass is 9.92. The number of nitrogens with zero attached hydrogens (tertiary/aromatic N) is 6. The number of amides is 4. The van der Waals surface area contributed by atoms with E-state index in [1.165, 1.54) is 12.8 Å². The lowest BCUT2D eigenvalue weighted by Crippen LogP contribution is -2.54. The lowest BCUT2D eigenvalue weighted by Gasteiger charge is -2.39. The topological polar surface area (TPSA) is 151 Å². The van der Waals surface area contributed by atoms with E-state index < -0.39 is 29.4 Å². The molecule has 0 saturated carbocycles. The van der Waals surface area contributed by atoms with Crippen LogP contribution in [-0.4, -0.2) is 118 Å². The third kappa shape index (κ3) is 7.37. The molecule has 3 N–H and O–H groups in total. The quantitative estimate of drug-likeness (QED) is 0.330. The van der Waals surface area contributed by atoms with Crippen LogP contribution in [0.25, 0.3) is 0 Å². The lowest BCUT2D eigenvalue weighted by molar-refractivity contribution is -0.136. The first-order valence-electron chi connectivity index (χ1n) is 18.0. The van der Waals surface area contributed by atoms with Crippen LogP contribution in [0.5, 0.6) is 0 Å². The largest absolute Gasteiger partial charge is 0.384 e. The molecule has 2 atom stereocenters. The Morgan fingerprint density at radius 3 is 2.26 bits per heavy atom. The number of aromatic nitrogens is 2. The molecule has 1 aromatic heterocycles. The van der Waals surface area contributed by atoms with E-state index in [4.69, 9.17) is 11.6 Å². The highest BCUT2D eigenvalue weighted by Crippen LogP contribution is 2.33. The summed E-state index contributed by atoms with van der Waals surface area (Å²) >= 11 is 6.21. The number of nitrogens with one attached hydrogen (secondary N) is 2. The third-order valence-corrected chi connectivity index (χ3v) is 11.3. The molecule has 13 nitrogen and oxygen atoms in total. The molecule has 0 aliphatic carbocycles. The predicted molar refractivity (Wildman–Crippen MR) is 188 cm³/mol. The van der Waals surface area contributed by atoms with Crippen molar-refractivity contribution in [3.63, 3.8) is 0 Å². The molecule has 4 amide bonds. The second kappa shape index (κ2) is 14.2. The van der Waals surface area contributed by atoms with E-state index in [0.717, 1.165) is 82.2 Å². The van der Waals surface area contributed by atoms with Gasteiger partial charge in [0.05, 0.1) is 28.0 Å². The fraction of sp³-hybridized carbons (Fsp3) is 0.611. The highest BCUT2D eigenvalue weighted by molar-refractivity contribution is 6.31. The van der Waals surface area contributed by atoms with Crippen molar-refractivity contribution in [1.82, 2.24) is 30.0 Å². The molecule has 6 heterocycles. The molecular weight excluding hydrogens is 660 g/mol. The van der Waals surface area contributed by atoms with E-state index in [9.17, 15) is 24.3 Å². The molecule has 50 heavy (non-hydrogen) atoms. The zero-order valence-electron chi connectivity index (χ0n) is 28.9. The molecule has 2 aromatic rings. The molecule has 5 aliphatic rings. The average Bonchev–Trinajstić information content (AvgIpc) is 3.63. The van der Waals surface area contributed by atoms with Gasteiger partial charge in [-0.3, -0.25) is 29.4 Å². The number of benzene rings is 1. The van der Waals surface area contributed by atoms with Crippen molar-refractivity contribution in [1.29, 1.82) is 0 Å². The van der Waals surface area contributed by atoms with Gasteiger partial charge in [-0.25, -0.2) is 9.97 Å². The van der Waals surface area contributed by atoms with Crippen LogP contribution >= 0.6 is 11.6 Å². The number of rotatable bonds is 9. The van der Waals surface area contributed by atoms with Crippen LogP contribution in [0.4, 0.5) is 11.6 Å². The third-order valence-electron chi connectivity index (χ3n) is 11.1. The average molecular weight is 707 g/mol. The number of hydrogen-bond donors (Lipinski definition) is 3. The van der Waals surface area contributed by atoms with Gasteiger partial charge in [0.25, 0.3) is 11.8 Å². The van der Waals surface area contributed by atoms with Crippen molar-refractivity contribution < 1.29 is 24.3 Å². The predicted octanol–water partition coefficient (Wildman–Crippen LogP) is 2.87. The molecule has 14 heteroatoms. The molecule has 268 valence electrons. The number of anilines is 2. The Balaban J connectivity index is 0.837. The van der Waals surface area contributed by atoms with Crippen molar-refractivity contribution in [3.8, 4) is 0 Å². The Kier molecular flexibility index (Phi) is 9.86. The van der Waals surface area contributed by atoms with E-state index in [2.05, 4.69) is 35.3 Å². The van der Waals surface area contributed by atoms with E-state index in [0.29, 0.717) is 39.6 Å². The molecule has 7 rings (SSSR count). The van der Waals surface area contributed by atoms with E-state index >= 15 is 0 Å². The first kappa shape index (κ1) is 34.8. The van der Waals surface area contributed by atoms with Crippen molar-refractivity contribution in [2.75, 3.05) is 62.6 Å². The smallest absolute Gasteiger partial charge is 0.262 e. The molecule has 0 spiro atoms. The van der Waals surface area contributed by atoms with Gasteiger partial charge in [0.1, 0.15) is 11.6 Å². The number of carbonyl (C=O) groups is 4. The highest BCUT2D eigenvalue weighted by Gasteiger charge is 2.45. The normalized spacial score (nSPS) is 24.6. The standard InChI is InChI=1S/C36H47ClN8O5/c1-36(2,50)31-28(37)18-38-35(41-31)39-24-11-14-43(21-24)20-22-7-12-42(13-8-22)19-23-9-15-44(16-10-23)25-3-4-26-27(17-25)34(49)45(33(26)48)29-5-6-30(46)40-32(29)47/h3-4,17-18,22-24,29,50H,5-16,19-21H2,1-2H3,(H,38,39,41)(H,40,46,47). The van der Waals surface area contributed by atoms with Gasteiger partial charge in [0.15, 0.2) is 0 Å². The van der Waals surface area contributed by atoms with E-state index in [-0.39, 0.29) is 24.8 Å². The van der Waals surface area contributed by atoms with Crippen LogP contribution in [0.15, 0.2) is 24.4 Å². The summed E-state index contributed by atoms with van der Waals surface area (Å²) in [7, 11) is 0. The van der Waals surface area contributed by atoms with Crippen LogP contribution in [0.2, 0.25) is 5.02 Å². The zero-order chi connectivity index (χ0) is 35.2. The van der Waals surface area contributed by atoms with Crippen molar-refractivity contribution >= 4 is 46.9 Å². The summed E-state index contributed by atoms with van der Waals surface area (Å²) in [6, 6.07) is 4.72. The summed E-state index contributed by atoms with van der Waals surface area (Å²) in [5, 5.41) is 16.4. The Bertz CT molecular complexity index is 1650. The van der Waals surface area contributed by atoms with Crippen LogP contribution < -0.4 is 15.5 Å². The van der Waals surface area contributed by atoms with Gasteiger partial charge in [-0.15, -0.1) is 0 Å². The summed E-state index contributed by atoms with van der Waals surface area (Å²) in [6.07, 6.45) is 7.40. The van der Waals surface area contributed by atoms with Crippen molar-refractivity contribution in [3.05, 3.63) is 46.2 Å². The maximum Gasteiger partial charge on any atom is 0.262 e. The molecule has 4 fully saturated rings. The minimum absolute atomic E-state index is 0.106. The van der Waals surface area contributed by atoms with Gasteiger partial charge >= 0.3 is 0 Å². The van der Waals surface area contributed by atoms with Gasteiger partial charge < -0.3 is 25.1 Å². The number of fused-ring (bicyclic) bond motifs is 1. The maximum atomic E-state index is 13.3. The number of likely N-dealkylation sites (tertiary alicyclic amines) is 2. The summed E-state index contributed by atoms with van der Waals surface area (Å²) in [6.45, 7) is 11.6. The van der Waals surface area contributed by atoms with Gasteiger partial charge in [-0.2, -0.15) is 0 Å². The van der Waals surface area contributed by atoms with Crippen LogP contribution in [0, 0.1) is 11.8 Å². The number of imide groups is 2. The first-order valence-corrected chi connectivity index (χ1v) is 18.4. The summed E-state index contributed by atoms with van der Waals surface area (Å²) in [4.78, 5) is 67.7. The first-order chi connectivity index (χ1) is 23.9. The minimum atomic E-state index is -1.13. The monoisotopic (exact) mass is 706 g/mol. The van der Waals surface area contributed by atoms with Crippen LogP contribution in [0.3, 0.4) is 0 Å². The van der Waals surface area contributed by atoms with Gasteiger partial charge in [0, 0.05) is 57.4 Å². The molecule has 0 radical (unpaired) electrons. The molecule has 2 unspecified atom stereocenters. The second-order valence-electron chi connectivity index (χ2n) is 15.2. The molecule has 4 saturated heterocycles. The summed E-state index contributed by atoms with van der Waals surface area (Å²) in [5.74, 6) is -0.0765. The Morgan fingerprint density at radius 1 is 0.900 bits per heavy atom. The van der Waals surface area contributed by atoms with Crippen molar-refractivity contribution in [2.24, 2.45) is 11.8 Å². The number of piperidine rings is 3. The minimum Gasteiger partial charge on any atom is -0.384 e. The SMILES string of the molecule is CC(C)(O)c1nc(NC2CCN(CC3CCN(CC4CCN(c5ccc6c(c5)C(=O)N(C5CCC(=O)NC5=O)C6=O)CC4)CC3)C2)ncc1Cl. The van der Waals surface area contributed by atoms with Crippen molar-refractivity contribution in [2.45, 2.75) is 76.5 Å². The Morgan fingerprint density at radius 2 is 1.56 bits per heavy atom. The second-order valence-corrected chi connectivity index (χ2v) is 15.6. The van der Waals surface area contributed by atoms with Gasteiger partial charge in [-0.05, 0) is 95.5 Å². The van der Waals surface area contributed by atoms with Crippen LogP contribution in [-0.2, 0) is 15.2 Å². The Labute approximate surface area is 297 Å². The van der Waals surface area contributed by atoms with E-state index in [1.807, 2.05) is 6.07 Å². The summed E-state index contributed by atoms with van der Waals surface area (Å²) < 4.78 is 0. The fourth-order valence-electron chi connectivity index (χ4n) is 8.28. The Hall–Kier alpha value is -3.65. The van der Waals surface area contributed by atoms with Gasteiger partial charge in [0.2, 0.25) is 17.8 Å². The molecule has 0 bridgehead atoms. The number of carbonyl (C=O) groups excluding carboxylic acids is 4. The highest BCUT2D eigenvalue weighted by atomic mass is 35.5. The summed E-state index contributed by atoms with van der Waals surface area (Å²) in [5.41, 5.74) is 0.872. The zero-order valence-corrected chi connectivity index (χ0v) is 29.6. The van der Waals surface area contributed by atoms with E-state index in [1.54, 1.807) is 32.2 Å². The molecule has 5 aliphatic heterocycles. The van der Waals surface area contributed by atoms with Gasteiger partial charge in [-0.1, -0.05) is 11.6 Å². The number of halogens is 1. The molecule has 1 aromatic carbocycles. The number of aliphatic hydroxyl groups is 1. The number of hydrogen-bond acceptors (Lipinski definition) is 11.